The predicted octanol–water partition coefficient (Wildman–Crippen LogP) is 9.34. The maximum Gasteiger partial charge on any atom is 0.261 e. The van der Waals surface area contributed by atoms with Gasteiger partial charge in [0.25, 0.3) is 5.91 Å². The molecule has 0 saturated carbocycles. The summed E-state index contributed by atoms with van der Waals surface area (Å²) in [5.41, 5.74) is 11.8. The third-order valence-electron chi connectivity index (χ3n) is 11.4. The van der Waals surface area contributed by atoms with Gasteiger partial charge in [0.05, 0.1) is 5.41 Å². The number of aliphatic hydroxyl groups excluding tert-OH is 1. The molecular weight excluding hydrogens is 673 g/mol. The Morgan fingerprint density at radius 1 is 0.630 bits per heavy atom. The number of benzene rings is 6. The van der Waals surface area contributed by atoms with Crippen molar-refractivity contribution in [2.45, 2.75) is 38.3 Å². The Kier molecular flexibility index (Phi) is 7.69. The van der Waals surface area contributed by atoms with Gasteiger partial charge in [0, 0.05) is 60.6 Å². The van der Waals surface area contributed by atoms with Gasteiger partial charge < -0.3 is 14.7 Å². The lowest BCUT2D eigenvalue weighted by Crippen LogP contribution is -2.31. The van der Waals surface area contributed by atoms with Crippen molar-refractivity contribution in [3.8, 4) is 22.6 Å². The van der Waals surface area contributed by atoms with Crippen molar-refractivity contribution in [2.75, 3.05) is 23.9 Å². The van der Waals surface area contributed by atoms with Gasteiger partial charge in [-0.3, -0.25) is 19.3 Å². The van der Waals surface area contributed by atoms with Crippen molar-refractivity contribution >= 4 is 28.8 Å². The van der Waals surface area contributed by atoms with E-state index in [4.69, 9.17) is 4.74 Å². The minimum atomic E-state index is -1.24. The van der Waals surface area contributed by atoms with Crippen LogP contribution in [0.15, 0.2) is 121 Å². The molecule has 6 aromatic rings. The van der Waals surface area contributed by atoms with Crippen LogP contribution in [0.2, 0.25) is 0 Å². The van der Waals surface area contributed by atoms with Gasteiger partial charge in [0.2, 0.25) is 0 Å². The first-order valence-electron chi connectivity index (χ1n) is 18.2. The molecule has 1 unspecified atom stereocenters. The molecule has 2 aliphatic carbocycles. The highest BCUT2D eigenvalue weighted by molar-refractivity contribution is 6.14. The highest BCUT2D eigenvalue weighted by Crippen LogP contribution is 2.57. The SMILES string of the molecule is Cc1cc(C2(c3ccc(N4C(=O)c5ccc(Oc6ccc7c(c6)C(=O)CCC7=O)cc5C4O)c(C)c3)c3ccccc3-c3ccccc32)ccc1N(C)C. The van der Waals surface area contributed by atoms with Gasteiger partial charge in [0.15, 0.2) is 17.8 Å². The Hall–Kier alpha value is -6.31. The van der Waals surface area contributed by atoms with Crippen LogP contribution in [-0.2, 0) is 5.41 Å². The summed E-state index contributed by atoms with van der Waals surface area (Å²) in [6, 6.07) is 40.0. The van der Waals surface area contributed by atoms with Crippen molar-refractivity contribution in [2.24, 2.45) is 0 Å². The number of aliphatic hydroxyl groups is 1. The quantitative estimate of drug-likeness (QED) is 0.185. The molecule has 9 rings (SSSR count). The number of carbonyl (C=O) groups is 3. The summed E-state index contributed by atoms with van der Waals surface area (Å²) in [4.78, 5) is 42.4. The van der Waals surface area contributed by atoms with E-state index < -0.39 is 11.6 Å². The zero-order valence-corrected chi connectivity index (χ0v) is 30.5. The number of amides is 1. The van der Waals surface area contributed by atoms with E-state index >= 15 is 0 Å². The van der Waals surface area contributed by atoms with Gasteiger partial charge >= 0.3 is 0 Å². The molecule has 54 heavy (non-hydrogen) atoms. The molecule has 1 aliphatic heterocycles. The minimum absolute atomic E-state index is 0.0551. The van der Waals surface area contributed by atoms with Crippen molar-refractivity contribution in [3.63, 3.8) is 0 Å². The highest BCUT2D eigenvalue weighted by Gasteiger charge is 2.47. The number of hydrogen-bond donors (Lipinski definition) is 1. The second-order valence-electron chi connectivity index (χ2n) is 14.7. The first kappa shape index (κ1) is 33.5. The summed E-state index contributed by atoms with van der Waals surface area (Å²) >= 11 is 0. The van der Waals surface area contributed by atoms with E-state index in [9.17, 15) is 19.5 Å². The summed E-state index contributed by atoms with van der Waals surface area (Å²) in [7, 11) is 4.12. The first-order chi connectivity index (χ1) is 26.1. The Morgan fingerprint density at radius 3 is 1.83 bits per heavy atom. The molecule has 6 aromatic carbocycles. The van der Waals surface area contributed by atoms with Crippen LogP contribution < -0.4 is 14.5 Å². The van der Waals surface area contributed by atoms with Gasteiger partial charge in [-0.15, -0.1) is 0 Å². The van der Waals surface area contributed by atoms with Crippen LogP contribution in [0.3, 0.4) is 0 Å². The van der Waals surface area contributed by atoms with Crippen molar-refractivity contribution in [1.82, 2.24) is 0 Å². The summed E-state index contributed by atoms with van der Waals surface area (Å²) in [6.45, 7) is 4.14. The van der Waals surface area contributed by atoms with Gasteiger partial charge in [-0.1, -0.05) is 72.8 Å². The molecule has 0 bridgehead atoms. The molecule has 1 N–H and O–H groups in total. The molecule has 266 valence electrons. The van der Waals surface area contributed by atoms with E-state index in [2.05, 4.69) is 105 Å². The zero-order chi connectivity index (χ0) is 37.5. The number of hydrogen-bond acceptors (Lipinski definition) is 6. The topological polar surface area (TPSA) is 87.1 Å². The van der Waals surface area contributed by atoms with Crippen LogP contribution in [0, 0.1) is 13.8 Å². The van der Waals surface area contributed by atoms with Crippen molar-refractivity contribution in [1.29, 1.82) is 0 Å². The summed E-state index contributed by atoms with van der Waals surface area (Å²) in [5.74, 6) is 0.348. The lowest BCUT2D eigenvalue weighted by Gasteiger charge is -2.35. The predicted molar refractivity (Wildman–Crippen MR) is 210 cm³/mol. The van der Waals surface area contributed by atoms with Crippen molar-refractivity contribution in [3.05, 3.63) is 177 Å². The smallest absolute Gasteiger partial charge is 0.261 e. The second kappa shape index (κ2) is 12.4. The molecule has 7 nitrogen and oxygen atoms in total. The van der Waals surface area contributed by atoms with Crippen LogP contribution in [0.4, 0.5) is 11.4 Å². The largest absolute Gasteiger partial charge is 0.457 e. The molecular formula is C47H38N2O5. The zero-order valence-electron chi connectivity index (χ0n) is 30.5. The number of fused-ring (bicyclic) bond motifs is 5. The summed E-state index contributed by atoms with van der Waals surface area (Å²) in [6.07, 6.45) is -0.843. The molecule has 0 spiro atoms. The van der Waals surface area contributed by atoms with Crippen LogP contribution in [0.25, 0.3) is 11.1 Å². The van der Waals surface area contributed by atoms with E-state index in [1.54, 1.807) is 36.4 Å². The number of anilines is 2. The number of ketones is 2. The maximum atomic E-state index is 14.0. The molecule has 7 heteroatoms. The maximum absolute atomic E-state index is 14.0. The van der Waals surface area contributed by atoms with E-state index in [0.717, 1.165) is 22.4 Å². The second-order valence-corrected chi connectivity index (χ2v) is 14.7. The molecule has 3 aliphatic rings. The lowest BCUT2D eigenvalue weighted by atomic mass is 9.67. The first-order valence-corrected chi connectivity index (χ1v) is 18.2. The number of aryl methyl sites for hydroxylation is 2. The Balaban J connectivity index is 1.10. The molecule has 1 atom stereocenters. The summed E-state index contributed by atoms with van der Waals surface area (Å²) in [5, 5.41) is 11.7. The third kappa shape index (κ3) is 4.88. The van der Waals surface area contributed by atoms with E-state index in [1.807, 2.05) is 13.0 Å². The normalized spacial score (nSPS) is 16.5. The Labute approximate surface area is 314 Å². The fourth-order valence-corrected chi connectivity index (χ4v) is 8.90. The average Bonchev–Trinajstić information content (AvgIpc) is 3.61. The minimum Gasteiger partial charge on any atom is -0.457 e. The fourth-order valence-electron chi connectivity index (χ4n) is 8.90. The standard InChI is InChI=1S/C47H38N2O5/c1-27-23-29(13-19-41(27)48(3)4)47(39-11-7-5-9-33(39)34-10-6-8-12-40(34)47)30-14-20-42(28(2)24-30)49-45(52)36-18-16-32(26-38(36)46(49)53)54-31-15-17-35-37(25-31)44(51)22-21-43(35)50/h5-20,23-26,46,53H,21-22H2,1-4H3. The van der Waals surface area contributed by atoms with Crippen LogP contribution in [0.5, 0.6) is 11.5 Å². The molecule has 0 aromatic heterocycles. The van der Waals surface area contributed by atoms with Crippen LogP contribution >= 0.6 is 0 Å². The third-order valence-corrected chi connectivity index (χ3v) is 11.4. The molecule has 1 heterocycles. The van der Waals surface area contributed by atoms with Crippen LogP contribution in [0.1, 0.15) is 89.1 Å². The van der Waals surface area contributed by atoms with Gasteiger partial charge in [-0.2, -0.15) is 0 Å². The average molecular weight is 711 g/mol. The van der Waals surface area contributed by atoms with E-state index in [0.29, 0.717) is 39.4 Å². The Morgan fingerprint density at radius 2 is 1.20 bits per heavy atom. The molecule has 0 fully saturated rings. The van der Waals surface area contributed by atoms with Gasteiger partial charge in [0.1, 0.15) is 11.5 Å². The number of rotatable bonds is 6. The number of ether oxygens (including phenoxy) is 1. The fraction of sp³-hybridized carbons (Fsp3) is 0.170. The lowest BCUT2D eigenvalue weighted by molar-refractivity contribution is 0.0890. The van der Waals surface area contributed by atoms with Crippen LogP contribution in [-0.4, -0.2) is 36.7 Å². The Bertz CT molecular complexity index is 2540. The number of carbonyl (C=O) groups excluding carboxylic acids is 3. The molecule has 1 amide bonds. The monoisotopic (exact) mass is 710 g/mol. The van der Waals surface area contributed by atoms with Gasteiger partial charge in [-0.25, -0.2) is 0 Å². The van der Waals surface area contributed by atoms with Gasteiger partial charge in [-0.05, 0) is 107 Å². The molecule has 0 radical (unpaired) electrons. The number of Topliss-reactive ketones (excluding diaryl/α,β-unsaturated/α-hetero) is 2. The molecule has 0 saturated heterocycles. The number of nitrogens with zero attached hydrogens (tertiary/aromatic N) is 2. The van der Waals surface area contributed by atoms with Crippen molar-refractivity contribution < 1.29 is 24.2 Å². The van der Waals surface area contributed by atoms with E-state index in [-0.39, 0.29) is 30.3 Å². The van der Waals surface area contributed by atoms with E-state index in [1.165, 1.54) is 32.7 Å². The highest BCUT2D eigenvalue weighted by atomic mass is 16.5. The summed E-state index contributed by atoms with van der Waals surface area (Å²) < 4.78 is 6.11.